The van der Waals surface area contributed by atoms with Gasteiger partial charge in [0.1, 0.15) is 0 Å². The summed E-state index contributed by atoms with van der Waals surface area (Å²) in [6.45, 7) is 6.82. The second-order valence-corrected chi connectivity index (χ2v) is 7.98. The van der Waals surface area contributed by atoms with Crippen LogP contribution in [0.2, 0.25) is 0 Å². The Morgan fingerprint density at radius 1 is 1.21 bits per heavy atom. The molecule has 1 atom stereocenters. The number of nitrogens with one attached hydrogen (secondary N) is 2. The molecule has 0 spiro atoms. The summed E-state index contributed by atoms with van der Waals surface area (Å²) in [6, 6.07) is 11.0. The number of hydrogen-bond donors (Lipinski definition) is 2. The van der Waals surface area contributed by atoms with Crippen LogP contribution in [0.25, 0.3) is 0 Å². The Bertz CT molecular complexity index is 783. The maximum atomic E-state index is 12.8. The van der Waals surface area contributed by atoms with E-state index in [1.54, 1.807) is 0 Å². The van der Waals surface area contributed by atoms with E-state index < -0.39 is 0 Å². The van der Waals surface area contributed by atoms with E-state index in [0.29, 0.717) is 11.7 Å². The van der Waals surface area contributed by atoms with Crippen LogP contribution in [-0.4, -0.2) is 58.0 Å². The summed E-state index contributed by atoms with van der Waals surface area (Å²) in [5, 5.41) is 15.1. The smallest absolute Gasteiger partial charge is 0.274 e. The molecule has 7 nitrogen and oxygen atoms in total. The number of amides is 1. The minimum Gasteiger partial charge on any atom is -0.347 e. The Balaban J connectivity index is 1.36. The van der Waals surface area contributed by atoms with Gasteiger partial charge in [-0.3, -0.25) is 9.69 Å². The van der Waals surface area contributed by atoms with Crippen LogP contribution in [0.5, 0.6) is 0 Å². The quantitative estimate of drug-likeness (QED) is 0.826. The second-order valence-electron chi connectivity index (χ2n) is 7.98. The molecule has 2 aliphatic rings. The van der Waals surface area contributed by atoms with Gasteiger partial charge in [0.2, 0.25) is 0 Å². The lowest BCUT2D eigenvalue weighted by atomic mass is 10.0. The first-order chi connectivity index (χ1) is 13.7. The average Bonchev–Trinajstić information content (AvgIpc) is 3.11. The first-order valence-electron chi connectivity index (χ1n) is 10.4. The third-order valence-electron chi connectivity index (χ3n) is 5.89. The van der Waals surface area contributed by atoms with Gasteiger partial charge in [-0.15, -0.1) is 5.10 Å². The van der Waals surface area contributed by atoms with E-state index in [1.165, 1.54) is 5.56 Å². The number of piperidine rings is 2. The molecule has 28 heavy (non-hydrogen) atoms. The molecule has 3 heterocycles. The molecule has 150 valence electrons. The van der Waals surface area contributed by atoms with Gasteiger partial charge in [0.15, 0.2) is 5.69 Å². The Hall–Kier alpha value is -2.25. The molecule has 1 aromatic carbocycles. The van der Waals surface area contributed by atoms with Crippen molar-refractivity contribution < 1.29 is 4.79 Å². The highest BCUT2D eigenvalue weighted by atomic mass is 16.2. The van der Waals surface area contributed by atoms with E-state index in [1.807, 2.05) is 17.7 Å². The summed E-state index contributed by atoms with van der Waals surface area (Å²) in [4.78, 5) is 15.3. The van der Waals surface area contributed by atoms with Crippen molar-refractivity contribution in [3.8, 4) is 0 Å². The largest absolute Gasteiger partial charge is 0.347 e. The number of likely N-dealkylation sites (tertiary alicyclic amines) is 1. The fourth-order valence-corrected chi connectivity index (χ4v) is 4.36. The summed E-state index contributed by atoms with van der Waals surface area (Å²) in [5.41, 5.74) is 2.66. The van der Waals surface area contributed by atoms with Crippen LogP contribution in [0.3, 0.4) is 0 Å². The maximum absolute atomic E-state index is 12.8. The van der Waals surface area contributed by atoms with E-state index >= 15 is 0 Å². The van der Waals surface area contributed by atoms with Crippen LogP contribution in [0.1, 0.15) is 53.5 Å². The Labute approximate surface area is 166 Å². The lowest BCUT2D eigenvalue weighted by molar-refractivity contribution is 0.0895. The number of aromatic nitrogens is 3. The molecule has 7 heteroatoms. The standard InChI is InChI=1S/C21H30N6O/c1-16-20(24-25-27(16)19-9-11-22-12-10-19)21(28)23-18-8-5-13-26(15-18)14-17-6-3-2-4-7-17/h2-4,6-7,18-19,22H,5,8-15H2,1H3,(H,23,28). The predicted octanol–water partition coefficient (Wildman–Crippen LogP) is 1.91. The Morgan fingerprint density at radius 3 is 2.79 bits per heavy atom. The number of hydrogen-bond acceptors (Lipinski definition) is 5. The molecule has 1 amide bonds. The average molecular weight is 383 g/mol. The molecule has 2 N–H and O–H groups in total. The van der Waals surface area contributed by atoms with E-state index in [9.17, 15) is 4.79 Å². The topological polar surface area (TPSA) is 75.1 Å². The van der Waals surface area contributed by atoms with Gasteiger partial charge in [-0.1, -0.05) is 35.5 Å². The van der Waals surface area contributed by atoms with Crippen molar-refractivity contribution in [3.05, 3.63) is 47.3 Å². The maximum Gasteiger partial charge on any atom is 0.274 e. The first-order valence-corrected chi connectivity index (χ1v) is 10.4. The molecule has 0 saturated carbocycles. The van der Waals surface area contributed by atoms with Crippen LogP contribution in [-0.2, 0) is 6.54 Å². The van der Waals surface area contributed by atoms with Gasteiger partial charge in [0, 0.05) is 19.1 Å². The molecular weight excluding hydrogens is 352 g/mol. The van der Waals surface area contributed by atoms with Gasteiger partial charge in [-0.05, 0) is 57.8 Å². The van der Waals surface area contributed by atoms with Crippen LogP contribution in [0.4, 0.5) is 0 Å². The summed E-state index contributed by atoms with van der Waals surface area (Å²) in [7, 11) is 0. The molecule has 2 saturated heterocycles. The highest BCUT2D eigenvalue weighted by Gasteiger charge is 2.26. The van der Waals surface area contributed by atoms with Crippen molar-refractivity contribution in [3.63, 3.8) is 0 Å². The number of carbonyl (C=O) groups excluding carboxylic acids is 1. The summed E-state index contributed by atoms with van der Waals surface area (Å²) < 4.78 is 1.94. The zero-order valence-electron chi connectivity index (χ0n) is 16.6. The molecule has 2 aromatic rings. The van der Waals surface area contributed by atoms with Crippen LogP contribution < -0.4 is 10.6 Å². The molecular formula is C21H30N6O. The second kappa shape index (κ2) is 8.84. The van der Waals surface area contributed by atoms with Gasteiger partial charge in [0.05, 0.1) is 11.7 Å². The SMILES string of the molecule is Cc1c(C(=O)NC2CCCN(Cc3ccccc3)C2)nnn1C1CCNCC1. The van der Waals surface area contributed by atoms with Crippen LogP contribution in [0.15, 0.2) is 30.3 Å². The van der Waals surface area contributed by atoms with Crippen LogP contribution in [0, 0.1) is 6.92 Å². The van der Waals surface area contributed by atoms with E-state index in [2.05, 4.69) is 50.1 Å². The van der Waals surface area contributed by atoms with Crippen LogP contribution >= 0.6 is 0 Å². The monoisotopic (exact) mass is 382 g/mol. The number of benzene rings is 1. The number of nitrogens with zero attached hydrogens (tertiary/aromatic N) is 4. The van der Waals surface area contributed by atoms with Crippen molar-refractivity contribution >= 4 is 5.91 Å². The van der Waals surface area contributed by atoms with Crippen molar-refractivity contribution in [2.75, 3.05) is 26.2 Å². The zero-order valence-corrected chi connectivity index (χ0v) is 16.6. The van der Waals surface area contributed by atoms with Crippen molar-refractivity contribution in [1.82, 2.24) is 30.5 Å². The molecule has 0 aliphatic carbocycles. The molecule has 1 unspecified atom stereocenters. The van der Waals surface area contributed by atoms with E-state index in [4.69, 9.17) is 0 Å². The van der Waals surface area contributed by atoms with Crippen molar-refractivity contribution in [2.24, 2.45) is 0 Å². The summed E-state index contributed by atoms with van der Waals surface area (Å²) in [5.74, 6) is -0.0933. The third kappa shape index (κ3) is 4.42. The van der Waals surface area contributed by atoms with Gasteiger partial charge in [0.25, 0.3) is 5.91 Å². The molecule has 0 radical (unpaired) electrons. The van der Waals surface area contributed by atoms with Crippen molar-refractivity contribution in [1.29, 1.82) is 0 Å². The van der Waals surface area contributed by atoms with Gasteiger partial charge in [-0.25, -0.2) is 4.68 Å². The van der Waals surface area contributed by atoms with Gasteiger partial charge >= 0.3 is 0 Å². The summed E-state index contributed by atoms with van der Waals surface area (Å²) in [6.07, 6.45) is 4.17. The van der Waals surface area contributed by atoms with E-state index in [0.717, 1.165) is 64.1 Å². The predicted molar refractivity (Wildman–Crippen MR) is 108 cm³/mol. The molecule has 2 fully saturated rings. The number of rotatable bonds is 5. The molecule has 1 aromatic heterocycles. The van der Waals surface area contributed by atoms with E-state index in [-0.39, 0.29) is 11.9 Å². The molecule has 4 rings (SSSR count). The van der Waals surface area contributed by atoms with Crippen molar-refractivity contribution in [2.45, 2.75) is 51.2 Å². The number of carbonyl (C=O) groups is 1. The lowest BCUT2D eigenvalue weighted by Gasteiger charge is -2.33. The van der Waals surface area contributed by atoms with Gasteiger partial charge < -0.3 is 10.6 Å². The Morgan fingerprint density at radius 2 is 2.00 bits per heavy atom. The minimum atomic E-state index is -0.0933. The molecule has 2 aliphatic heterocycles. The normalized spacial score (nSPS) is 21.5. The lowest BCUT2D eigenvalue weighted by Crippen LogP contribution is -2.47. The fraction of sp³-hybridized carbons (Fsp3) is 0.571. The highest BCUT2D eigenvalue weighted by Crippen LogP contribution is 2.20. The highest BCUT2D eigenvalue weighted by molar-refractivity contribution is 5.93. The zero-order chi connectivity index (χ0) is 19.3. The minimum absolute atomic E-state index is 0.0933. The Kier molecular flexibility index (Phi) is 6.02. The third-order valence-corrected chi connectivity index (χ3v) is 5.89. The fourth-order valence-electron chi connectivity index (χ4n) is 4.36. The first kappa shape index (κ1) is 19.1. The molecule has 0 bridgehead atoms. The van der Waals surface area contributed by atoms with Gasteiger partial charge in [-0.2, -0.15) is 0 Å². The summed E-state index contributed by atoms with van der Waals surface area (Å²) >= 11 is 0.